The van der Waals surface area contributed by atoms with Gasteiger partial charge >= 0.3 is 0 Å². The lowest BCUT2D eigenvalue weighted by Crippen LogP contribution is -2.29. The number of carbonyl (C=O) groups excluding carboxylic acids is 1. The molecule has 0 radical (unpaired) electrons. The molecular formula is C14H24Cl2N4O. The van der Waals surface area contributed by atoms with Crippen molar-refractivity contribution in [1.82, 2.24) is 20.6 Å². The molecule has 1 aromatic heterocycles. The third-order valence-electron chi connectivity index (χ3n) is 3.47. The van der Waals surface area contributed by atoms with Crippen LogP contribution >= 0.6 is 24.8 Å². The van der Waals surface area contributed by atoms with E-state index < -0.39 is 0 Å². The smallest absolute Gasteiger partial charge is 0.220 e. The molecule has 1 aliphatic heterocycles. The van der Waals surface area contributed by atoms with Crippen LogP contribution < -0.4 is 10.6 Å². The van der Waals surface area contributed by atoms with Crippen molar-refractivity contribution in [2.75, 3.05) is 20.1 Å². The summed E-state index contributed by atoms with van der Waals surface area (Å²) in [5, 5.41) is 6.02. The molecule has 120 valence electrons. The first-order chi connectivity index (χ1) is 9.19. The molecule has 1 atom stereocenters. The standard InChI is InChI=1S/C14H22N4O.2ClH/c1-10-8-12(5-6-13(19)15-2)18-14(17-10)11-4-3-7-16-9-11;;/h8,11,16H,3-7,9H2,1-2H3,(H,15,19);2*1H. The zero-order valence-corrected chi connectivity index (χ0v) is 14.1. The number of piperidine rings is 1. The number of hydrogen-bond acceptors (Lipinski definition) is 4. The average molecular weight is 335 g/mol. The first-order valence-electron chi connectivity index (χ1n) is 6.95. The predicted molar refractivity (Wildman–Crippen MR) is 88.5 cm³/mol. The van der Waals surface area contributed by atoms with Crippen LogP contribution in [-0.2, 0) is 11.2 Å². The Morgan fingerprint density at radius 2 is 2.19 bits per heavy atom. The minimum absolute atomic E-state index is 0. The lowest BCUT2D eigenvalue weighted by Gasteiger charge is -2.22. The van der Waals surface area contributed by atoms with Crippen LogP contribution in [-0.4, -0.2) is 36.0 Å². The SMILES string of the molecule is CNC(=O)CCc1cc(C)nc(C2CCCNC2)n1.Cl.Cl. The van der Waals surface area contributed by atoms with Gasteiger partial charge in [-0.3, -0.25) is 4.79 Å². The predicted octanol–water partition coefficient (Wildman–Crippen LogP) is 1.77. The molecule has 0 saturated carbocycles. The molecule has 7 heteroatoms. The number of carbonyl (C=O) groups is 1. The summed E-state index contributed by atoms with van der Waals surface area (Å²) in [6, 6.07) is 1.97. The minimum Gasteiger partial charge on any atom is -0.359 e. The molecule has 1 unspecified atom stereocenters. The average Bonchev–Trinajstić information content (AvgIpc) is 2.45. The van der Waals surface area contributed by atoms with Gasteiger partial charge in [0, 0.05) is 37.3 Å². The van der Waals surface area contributed by atoms with E-state index in [1.807, 2.05) is 13.0 Å². The second kappa shape index (κ2) is 9.92. The summed E-state index contributed by atoms with van der Waals surface area (Å²) in [5.41, 5.74) is 1.96. The molecule has 0 bridgehead atoms. The zero-order valence-electron chi connectivity index (χ0n) is 12.5. The van der Waals surface area contributed by atoms with Crippen molar-refractivity contribution in [2.24, 2.45) is 0 Å². The number of aryl methyl sites for hydroxylation is 2. The maximum atomic E-state index is 11.3. The number of amides is 1. The summed E-state index contributed by atoms with van der Waals surface area (Å²) < 4.78 is 0. The highest BCUT2D eigenvalue weighted by molar-refractivity contribution is 5.85. The number of hydrogen-bond donors (Lipinski definition) is 2. The van der Waals surface area contributed by atoms with Gasteiger partial charge in [-0.25, -0.2) is 9.97 Å². The highest BCUT2D eigenvalue weighted by Crippen LogP contribution is 2.20. The van der Waals surface area contributed by atoms with Gasteiger partial charge < -0.3 is 10.6 Å². The Labute approximate surface area is 138 Å². The van der Waals surface area contributed by atoms with Crippen LogP contribution in [0.2, 0.25) is 0 Å². The van der Waals surface area contributed by atoms with E-state index in [9.17, 15) is 4.79 Å². The van der Waals surface area contributed by atoms with Gasteiger partial charge in [-0.15, -0.1) is 24.8 Å². The number of nitrogens with one attached hydrogen (secondary N) is 2. The topological polar surface area (TPSA) is 66.9 Å². The Morgan fingerprint density at radius 3 is 2.81 bits per heavy atom. The summed E-state index contributed by atoms with van der Waals surface area (Å²) in [4.78, 5) is 20.5. The summed E-state index contributed by atoms with van der Waals surface area (Å²) in [6.45, 7) is 4.04. The fourth-order valence-corrected chi connectivity index (χ4v) is 2.41. The maximum absolute atomic E-state index is 11.3. The molecule has 2 rings (SSSR count). The van der Waals surface area contributed by atoms with Crippen LogP contribution in [0.3, 0.4) is 0 Å². The van der Waals surface area contributed by atoms with Crippen LogP contribution in [0.25, 0.3) is 0 Å². The first-order valence-corrected chi connectivity index (χ1v) is 6.95. The Morgan fingerprint density at radius 1 is 1.43 bits per heavy atom. The third-order valence-corrected chi connectivity index (χ3v) is 3.47. The molecular weight excluding hydrogens is 311 g/mol. The van der Waals surface area contributed by atoms with Crippen molar-refractivity contribution in [2.45, 2.75) is 38.5 Å². The Hall–Kier alpha value is -0.910. The lowest BCUT2D eigenvalue weighted by atomic mass is 9.98. The molecule has 21 heavy (non-hydrogen) atoms. The van der Waals surface area contributed by atoms with Crippen LogP contribution in [0.15, 0.2) is 6.07 Å². The number of rotatable bonds is 4. The molecule has 0 spiro atoms. The molecule has 1 aliphatic rings. The van der Waals surface area contributed by atoms with Crippen molar-refractivity contribution in [3.8, 4) is 0 Å². The van der Waals surface area contributed by atoms with Gasteiger partial charge in [0.2, 0.25) is 5.91 Å². The van der Waals surface area contributed by atoms with E-state index in [2.05, 4.69) is 20.6 Å². The van der Waals surface area contributed by atoms with E-state index in [-0.39, 0.29) is 30.7 Å². The van der Waals surface area contributed by atoms with Crippen LogP contribution in [0.4, 0.5) is 0 Å². The monoisotopic (exact) mass is 334 g/mol. The van der Waals surface area contributed by atoms with Crippen molar-refractivity contribution < 1.29 is 4.79 Å². The van der Waals surface area contributed by atoms with E-state index in [1.54, 1.807) is 7.05 Å². The van der Waals surface area contributed by atoms with Crippen molar-refractivity contribution in [3.05, 3.63) is 23.3 Å². The lowest BCUT2D eigenvalue weighted by molar-refractivity contribution is -0.120. The summed E-state index contributed by atoms with van der Waals surface area (Å²) in [7, 11) is 1.66. The minimum atomic E-state index is 0. The van der Waals surface area contributed by atoms with E-state index in [4.69, 9.17) is 0 Å². The second-order valence-electron chi connectivity index (χ2n) is 5.08. The Bertz CT molecular complexity index is 451. The summed E-state index contributed by atoms with van der Waals surface area (Å²) in [5.74, 6) is 1.39. The van der Waals surface area contributed by atoms with Crippen molar-refractivity contribution >= 4 is 30.7 Å². The molecule has 1 saturated heterocycles. The number of halogens is 2. The normalized spacial score (nSPS) is 17.3. The van der Waals surface area contributed by atoms with E-state index >= 15 is 0 Å². The van der Waals surface area contributed by atoms with Gasteiger partial charge in [0.15, 0.2) is 0 Å². The van der Waals surface area contributed by atoms with E-state index in [0.29, 0.717) is 18.8 Å². The Balaban J connectivity index is 0.00000200. The van der Waals surface area contributed by atoms with Gasteiger partial charge in [0.05, 0.1) is 0 Å². The molecule has 2 heterocycles. The number of aromatic nitrogens is 2. The third kappa shape index (κ3) is 6.16. The van der Waals surface area contributed by atoms with Gasteiger partial charge in [-0.2, -0.15) is 0 Å². The highest BCUT2D eigenvalue weighted by atomic mass is 35.5. The molecule has 1 fully saturated rings. The first kappa shape index (κ1) is 20.1. The molecule has 2 N–H and O–H groups in total. The summed E-state index contributed by atoms with van der Waals surface area (Å²) >= 11 is 0. The van der Waals surface area contributed by atoms with E-state index in [0.717, 1.165) is 36.7 Å². The fourth-order valence-electron chi connectivity index (χ4n) is 2.41. The zero-order chi connectivity index (χ0) is 13.7. The van der Waals surface area contributed by atoms with Crippen molar-refractivity contribution in [1.29, 1.82) is 0 Å². The van der Waals surface area contributed by atoms with E-state index in [1.165, 1.54) is 6.42 Å². The molecule has 0 aromatic carbocycles. The van der Waals surface area contributed by atoms with Crippen LogP contribution in [0.5, 0.6) is 0 Å². The van der Waals surface area contributed by atoms with Gasteiger partial charge in [0.25, 0.3) is 0 Å². The largest absolute Gasteiger partial charge is 0.359 e. The van der Waals surface area contributed by atoms with Crippen molar-refractivity contribution in [3.63, 3.8) is 0 Å². The van der Waals surface area contributed by atoms with Gasteiger partial charge in [-0.1, -0.05) is 0 Å². The Kier molecular flexibility index (Phi) is 9.49. The van der Waals surface area contributed by atoms with Crippen LogP contribution in [0, 0.1) is 6.92 Å². The molecule has 1 amide bonds. The quantitative estimate of drug-likeness (QED) is 0.880. The number of nitrogens with zero attached hydrogens (tertiary/aromatic N) is 2. The highest BCUT2D eigenvalue weighted by Gasteiger charge is 2.18. The van der Waals surface area contributed by atoms with Gasteiger partial charge in [0.1, 0.15) is 5.82 Å². The van der Waals surface area contributed by atoms with Gasteiger partial charge in [-0.05, 0) is 38.8 Å². The second-order valence-corrected chi connectivity index (χ2v) is 5.08. The maximum Gasteiger partial charge on any atom is 0.220 e. The molecule has 5 nitrogen and oxygen atoms in total. The molecule has 1 aromatic rings. The summed E-state index contributed by atoms with van der Waals surface area (Å²) in [6.07, 6.45) is 3.48. The molecule has 0 aliphatic carbocycles. The fraction of sp³-hybridized carbons (Fsp3) is 0.643. The van der Waals surface area contributed by atoms with Crippen LogP contribution in [0.1, 0.15) is 42.4 Å².